The Morgan fingerprint density at radius 1 is 0.487 bits per heavy atom. The van der Waals surface area contributed by atoms with Crippen molar-refractivity contribution in [3.05, 3.63) is 48.6 Å². The van der Waals surface area contributed by atoms with Crippen molar-refractivity contribution in [1.29, 1.82) is 0 Å². The highest BCUT2D eigenvalue weighted by atomic mass is 16.6. The predicted molar refractivity (Wildman–Crippen MR) is 172 cm³/mol. The van der Waals surface area contributed by atoms with Gasteiger partial charge in [-0.3, -0.25) is 0 Å². The van der Waals surface area contributed by atoms with E-state index < -0.39 is 6.29 Å². The second-order valence-electron chi connectivity index (χ2n) is 11.0. The Kier molecular flexibility index (Phi) is 33.8. The molecule has 0 amide bonds. The maximum absolute atomic E-state index is 10.0. The van der Waals surface area contributed by atoms with Gasteiger partial charge in [0.15, 0.2) is 6.29 Å². The van der Waals surface area contributed by atoms with Crippen molar-refractivity contribution >= 4 is 0 Å². The Hall–Kier alpha value is -1.16. The third kappa shape index (κ3) is 34.8. The van der Waals surface area contributed by atoms with Crippen LogP contribution in [0.2, 0.25) is 0 Å². The van der Waals surface area contributed by atoms with Crippen molar-refractivity contribution in [2.24, 2.45) is 0 Å². The Balaban J connectivity index is 3.32. The monoisotopic (exact) mass is 547 g/mol. The molecule has 0 heterocycles. The van der Waals surface area contributed by atoms with Gasteiger partial charge in [-0.05, 0) is 89.9 Å². The van der Waals surface area contributed by atoms with Crippen LogP contribution in [0.4, 0.5) is 0 Å². The van der Waals surface area contributed by atoms with Crippen LogP contribution in [0, 0.1) is 0 Å². The van der Waals surface area contributed by atoms with Gasteiger partial charge in [-0.15, -0.1) is 0 Å². The number of ether oxygens (including phenoxy) is 1. The number of hydrogen-bond acceptors (Lipinski definition) is 3. The van der Waals surface area contributed by atoms with E-state index >= 15 is 0 Å². The molecule has 0 aliphatic carbocycles. The summed E-state index contributed by atoms with van der Waals surface area (Å²) in [4.78, 5) is 0. The molecule has 0 bridgehead atoms. The van der Waals surface area contributed by atoms with Gasteiger partial charge in [0.2, 0.25) is 0 Å². The smallest absolute Gasteiger partial charge is 0.154 e. The molecular weight excluding hydrogens is 480 g/mol. The summed E-state index contributed by atoms with van der Waals surface area (Å²) < 4.78 is 5.59. The zero-order valence-electron chi connectivity index (χ0n) is 25.9. The van der Waals surface area contributed by atoms with Crippen LogP contribution < -0.4 is 0 Å². The molecule has 0 aromatic carbocycles. The van der Waals surface area contributed by atoms with Gasteiger partial charge in [-0.25, -0.2) is 0 Å². The maximum atomic E-state index is 10.0. The predicted octanol–water partition coefficient (Wildman–Crippen LogP) is 10.9. The molecule has 0 aromatic rings. The van der Waals surface area contributed by atoms with Crippen molar-refractivity contribution < 1.29 is 14.9 Å². The van der Waals surface area contributed by atoms with E-state index in [0.717, 1.165) is 51.4 Å². The topological polar surface area (TPSA) is 49.7 Å². The summed E-state index contributed by atoms with van der Waals surface area (Å²) in [5.74, 6) is 0. The highest BCUT2D eigenvalue weighted by Gasteiger charge is 2.03. The fourth-order valence-corrected chi connectivity index (χ4v) is 4.56. The Morgan fingerprint density at radius 2 is 0.897 bits per heavy atom. The molecule has 0 aliphatic heterocycles. The minimum atomic E-state index is -0.582. The van der Waals surface area contributed by atoms with Gasteiger partial charge in [0.25, 0.3) is 0 Å². The third-order valence-electron chi connectivity index (χ3n) is 7.11. The van der Waals surface area contributed by atoms with Crippen LogP contribution in [0.3, 0.4) is 0 Å². The molecule has 0 rings (SSSR count). The van der Waals surface area contributed by atoms with E-state index in [4.69, 9.17) is 9.84 Å². The van der Waals surface area contributed by atoms with Crippen molar-refractivity contribution in [2.75, 3.05) is 13.2 Å². The summed E-state index contributed by atoms with van der Waals surface area (Å²) in [5, 5.41) is 18.8. The van der Waals surface area contributed by atoms with Gasteiger partial charge >= 0.3 is 0 Å². The number of aliphatic hydroxyl groups is 2. The van der Waals surface area contributed by atoms with E-state index in [1.807, 2.05) is 0 Å². The van der Waals surface area contributed by atoms with E-state index in [0.29, 0.717) is 13.2 Å². The Morgan fingerprint density at radius 3 is 1.38 bits per heavy atom. The number of rotatable bonds is 31. The van der Waals surface area contributed by atoms with Gasteiger partial charge in [-0.1, -0.05) is 120 Å². The first-order valence-electron chi connectivity index (χ1n) is 16.8. The zero-order valence-corrected chi connectivity index (χ0v) is 25.9. The molecule has 39 heavy (non-hydrogen) atoms. The first-order valence-corrected chi connectivity index (χ1v) is 16.8. The first-order chi connectivity index (χ1) is 19.3. The second-order valence-corrected chi connectivity index (χ2v) is 11.0. The van der Waals surface area contributed by atoms with Crippen LogP contribution in [-0.4, -0.2) is 29.7 Å². The van der Waals surface area contributed by atoms with Gasteiger partial charge in [-0.2, -0.15) is 0 Å². The van der Waals surface area contributed by atoms with Crippen LogP contribution in [-0.2, 0) is 4.74 Å². The van der Waals surface area contributed by atoms with Crippen molar-refractivity contribution in [2.45, 2.75) is 167 Å². The SMILES string of the molecule is CCCCCC=CCC=CCCCCCCCC(O)OCCCCC/C=C\C/C=C\CCCCCCCCO. The first kappa shape index (κ1) is 37.8. The van der Waals surface area contributed by atoms with Gasteiger partial charge in [0.05, 0.1) is 0 Å². The molecule has 0 fully saturated rings. The third-order valence-corrected chi connectivity index (χ3v) is 7.11. The standard InChI is InChI=1S/C36H66O3/c1-2-3-4-5-6-7-8-9-12-15-18-21-24-27-30-33-36(38)39-35-32-29-26-23-20-17-14-11-10-13-16-19-22-25-28-31-34-37/h6-7,9-12,17,20,36-38H,2-5,8,13-16,18-19,21-35H2,1H3/b7-6?,11-10-,12-9?,20-17-. The van der Waals surface area contributed by atoms with Crippen molar-refractivity contribution in [1.82, 2.24) is 0 Å². The molecule has 1 atom stereocenters. The summed E-state index contributed by atoms with van der Waals surface area (Å²) in [7, 11) is 0. The van der Waals surface area contributed by atoms with Gasteiger partial charge < -0.3 is 14.9 Å². The molecule has 3 nitrogen and oxygen atoms in total. The molecule has 0 radical (unpaired) electrons. The number of hydrogen-bond donors (Lipinski definition) is 2. The molecule has 0 saturated carbocycles. The molecule has 0 aromatic heterocycles. The Bertz CT molecular complexity index is 564. The number of allylic oxidation sites excluding steroid dienone is 8. The van der Waals surface area contributed by atoms with Gasteiger partial charge in [0.1, 0.15) is 0 Å². The van der Waals surface area contributed by atoms with Crippen molar-refractivity contribution in [3.8, 4) is 0 Å². The van der Waals surface area contributed by atoms with Crippen molar-refractivity contribution in [3.63, 3.8) is 0 Å². The quantitative estimate of drug-likeness (QED) is 0.0516. The van der Waals surface area contributed by atoms with Crippen LogP contribution in [0.15, 0.2) is 48.6 Å². The summed E-state index contributed by atoms with van der Waals surface area (Å²) in [6.45, 7) is 3.27. The molecule has 0 saturated heterocycles. The lowest BCUT2D eigenvalue weighted by Crippen LogP contribution is -2.12. The summed E-state index contributed by atoms with van der Waals surface area (Å²) in [6.07, 6.45) is 46.2. The van der Waals surface area contributed by atoms with E-state index in [1.165, 1.54) is 103 Å². The average molecular weight is 547 g/mol. The minimum absolute atomic E-state index is 0.339. The molecule has 3 heteroatoms. The molecular formula is C36H66O3. The number of unbranched alkanes of at least 4 members (excludes halogenated alkanes) is 17. The largest absolute Gasteiger partial charge is 0.396 e. The second kappa shape index (κ2) is 34.9. The van der Waals surface area contributed by atoms with Crippen LogP contribution in [0.1, 0.15) is 161 Å². The molecule has 0 aliphatic rings. The average Bonchev–Trinajstić information content (AvgIpc) is 2.94. The lowest BCUT2D eigenvalue weighted by Gasteiger charge is -2.11. The van der Waals surface area contributed by atoms with E-state index in [2.05, 4.69) is 55.5 Å². The molecule has 1 unspecified atom stereocenters. The van der Waals surface area contributed by atoms with Crippen LogP contribution in [0.5, 0.6) is 0 Å². The molecule has 2 N–H and O–H groups in total. The van der Waals surface area contributed by atoms with E-state index in [-0.39, 0.29) is 0 Å². The maximum Gasteiger partial charge on any atom is 0.154 e. The highest BCUT2D eigenvalue weighted by molar-refractivity contribution is 4.93. The lowest BCUT2D eigenvalue weighted by atomic mass is 10.1. The lowest BCUT2D eigenvalue weighted by molar-refractivity contribution is -0.105. The van der Waals surface area contributed by atoms with Gasteiger partial charge in [0, 0.05) is 13.2 Å². The minimum Gasteiger partial charge on any atom is -0.396 e. The summed E-state index contributed by atoms with van der Waals surface area (Å²) >= 11 is 0. The van der Waals surface area contributed by atoms with E-state index in [1.54, 1.807) is 0 Å². The number of aliphatic hydroxyl groups excluding tert-OH is 2. The summed E-state index contributed by atoms with van der Waals surface area (Å²) in [6, 6.07) is 0. The normalized spacial score (nSPS) is 13.2. The molecule has 0 spiro atoms. The Labute approximate surface area is 243 Å². The summed E-state index contributed by atoms with van der Waals surface area (Å²) in [5.41, 5.74) is 0. The molecule has 228 valence electrons. The van der Waals surface area contributed by atoms with E-state index in [9.17, 15) is 5.11 Å². The highest BCUT2D eigenvalue weighted by Crippen LogP contribution is 2.11. The fourth-order valence-electron chi connectivity index (χ4n) is 4.56. The zero-order chi connectivity index (χ0) is 28.3. The van der Waals surface area contributed by atoms with Crippen LogP contribution in [0.25, 0.3) is 0 Å². The van der Waals surface area contributed by atoms with Crippen LogP contribution >= 0.6 is 0 Å². The fraction of sp³-hybridized carbons (Fsp3) is 0.778.